The molecule has 4 heteroatoms. The summed E-state index contributed by atoms with van der Waals surface area (Å²) in [7, 11) is 0. The quantitative estimate of drug-likeness (QED) is 0.402. The summed E-state index contributed by atoms with van der Waals surface area (Å²) in [5.41, 5.74) is 3.57. The predicted molar refractivity (Wildman–Crippen MR) is 91.9 cm³/mol. The molecule has 0 saturated heterocycles. The molecule has 2 nitrogen and oxygen atoms in total. The molecule has 1 rings (SSSR count). The molecule has 0 spiro atoms. The van der Waals surface area contributed by atoms with E-state index in [4.69, 9.17) is 5.11 Å². The van der Waals surface area contributed by atoms with Crippen LogP contribution in [0.25, 0.3) is 0 Å². The topological polar surface area (TPSA) is 24.1 Å². The zero-order chi connectivity index (χ0) is 15.3. The zero-order valence-electron chi connectivity index (χ0n) is 14.5. The third kappa shape index (κ3) is 9.26. The minimum absolute atomic E-state index is 0. The highest BCUT2D eigenvalue weighted by atomic mass is 79.9. The number of rotatable bonds is 13. The normalized spacial score (nSPS) is 10.7. The van der Waals surface area contributed by atoms with Crippen LogP contribution in [0.1, 0.15) is 81.7 Å². The van der Waals surface area contributed by atoms with Crippen molar-refractivity contribution in [3.8, 4) is 0 Å². The fraction of sp³-hybridized carbons (Fsp3) is 0.833. The molecule has 1 heterocycles. The van der Waals surface area contributed by atoms with Crippen molar-refractivity contribution in [3.05, 3.63) is 16.1 Å². The van der Waals surface area contributed by atoms with E-state index in [1.807, 2.05) is 0 Å². The van der Waals surface area contributed by atoms with Crippen molar-refractivity contribution in [2.45, 2.75) is 91.0 Å². The van der Waals surface area contributed by atoms with E-state index in [-0.39, 0.29) is 23.6 Å². The van der Waals surface area contributed by atoms with E-state index < -0.39 is 0 Å². The summed E-state index contributed by atoms with van der Waals surface area (Å²) in [6, 6.07) is 0. The van der Waals surface area contributed by atoms with Crippen molar-refractivity contribution in [3.63, 3.8) is 0 Å². The van der Waals surface area contributed by atoms with Crippen LogP contribution in [-0.4, -0.2) is 11.7 Å². The Morgan fingerprint density at radius 2 is 1.50 bits per heavy atom. The van der Waals surface area contributed by atoms with Crippen LogP contribution in [0.2, 0.25) is 0 Å². The van der Waals surface area contributed by atoms with Crippen molar-refractivity contribution in [2.75, 3.05) is 6.61 Å². The number of hydrogen-bond donors (Lipinski definition) is 1. The maximum Gasteiger partial charge on any atom is 0.225 e. The highest BCUT2D eigenvalue weighted by Crippen LogP contribution is 2.13. The standard InChI is InChI=1S/C18H34NOS.BrH/c1-3-4-5-6-7-8-9-10-11-12-14-19-16-21-18(13-15-20)17(19)2;/h16,20H,3-15H2,1-2H3;1H/q+1;/p-1. The van der Waals surface area contributed by atoms with Crippen LogP contribution >= 0.6 is 11.3 Å². The second kappa shape index (κ2) is 14.6. The lowest BCUT2D eigenvalue weighted by Crippen LogP contribution is -3.00. The highest BCUT2D eigenvalue weighted by Gasteiger charge is 2.13. The zero-order valence-corrected chi connectivity index (χ0v) is 16.9. The number of aromatic nitrogens is 1. The molecule has 0 aliphatic heterocycles. The van der Waals surface area contributed by atoms with Gasteiger partial charge in [0.25, 0.3) is 0 Å². The Hall–Kier alpha value is 0.0700. The Bertz CT molecular complexity index is 368. The summed E-state index contributed by atoms with van der Waals surface area (Å²) >= 11 is 1.79. The van der Waals surface area contributed by atoms with E-state index in [0.717, 1.165) is 13.0 Å². The molecule has 0 bridgehead atoms. The van der Waals surface area contributed by atoms with Gasteiger partial charge in [-0.05, 0) is 6.42 Å². The first-order valence-corrected chi connectivity index (χ1v) is 9.74. The summed E-state index contributed by atoms with van der Waals surface area (Å²) in [6.07, 6.45) is 14.7. The summed E-state index contributed by atoms with van der Waals surface area (Å²) in [5, 5.41) is 9.02. The highest BCUT2D eigenvalue weighted by molar-refractivity contribution is 7.09. The summed E-state index contributed by atoms with van der Waals surface area (Å²) < 4.78 is 2.36. The first-order chi connectivity index (χ1) is 10.3. The predicted octanol–water partition coefficient (Wildman–Crippen LogP) is 1.80. The Morgan fingerprint density at radius 1 is 0.955 bits per heavy atom. The van der Waals surface area contributed by atoms with Crippen molar-refractivity contribution in [1.82, 2.24) is 0 Å². The summed E-state index contributed by atoms with van der Waals surface area (Å²) in [4.78, 5) is 1.34. The van der Waals surface area contributed by atoms with E-state index in [2.05, 4.69) is 23.9 Å². The lowest BCUT2D eigenvalue weighted by Gasteiger charge is -2.01. The van der Waals surface area contributed by atoms with E-state index in [0.29, 0.717) is 0 Å². The van der Waals surface area contributed by atoms with Gasteiger partial charge in [-0.15, -0.1) is 0 Å². The number of unbranched alkanes of at least 4 members (excludes halogenated alkanes) is 9. The molecule has 130 valence electrons. The molecule has 22 heavy (non-hydrogen) atoms. The van der Waals surface area contributed by atoms with Gasteiger partial charge in [-0.1, -0.05) is 69.6 Å². The van der Waals surface area contributed by atoms with Crippen LogP contribution in [0.4, 0.5) is 0 Å². The van der Waals surface area contributed by atoms with Gasteiger partial charge >= 0.3 is 0 Å². The van der Waals surface area contributed by atoms with Crippen molar-refractivity contribution in [2.24, 2.45) is 0 Å². The fourth-order valence-electron chi connectivity index (χ4n) is 2.78. The van der Waals surface area contributed by atoms with E-state index in [1.54, 1.807) is 11.3 Å². The van der Waals surface area contributed by atoms with Crippen LogP contribution in [0.5, 0.6) is 0 Å². The number of aryl methyl sites for hydroxylation is 1. The van der Waals surface area contributed by atoms with Gasteiger partial charge in [0.1, 0.15) is 6.54 Å². The first-order valence-electron chi connectivity index (χ1n) is 8.86. The number of thiazole rings is 1. The number of halogens is 1. The Labute approximate surface area is 151 Å². The van der Waals surface area contributed by atoms with Gasteiger partial charge in [0, 0.05) is 26.4 Å². The third-order valence-corrected chi connectivity index (χ3v) is 5.39. The molecule has 1 aromatic heterocycles. The van der Waals surface area contributed by atoms with E-state index in [1.165, 1.54) is 74.8 Å². The number of nitrogens with zero attached hydrogens (tertiary/aromatic N) is 1. The summed E-state index contributed by atoms with van der Waals surface area (Å²) in [6.45, 7) is 5.86. The van der Waals surface area contributed by atoms with Gasteiger partial charge in [-0.2, -0.15) is 4.57 Å². The van der Waals surface area contributed by atoms with Gasteiger partial charge in [-0.3, -0.25) is 0 Å². The Morgan fingerprint density at radius 3 is 2.05 bits per heavy atom. The van der Waals surface area contributed by atoms with Crippen LogP contribution in [0.3, 0.4) is 0 Å². The smallest absolute Gasteiger partial charge is 0.225 e. The van der Waals surface area contributed by atoms with E-state index in [9.17, 15) is 0 Å². The van der Waals surface area contributed by atoms with Crippen LogP contribution in [-0.2, 0) is 13.0 Å². The molecule has 0 radical (unpaired) electrons. The summed E-state index contributed by atoms with van der Waals surface area (Å²) in [5.74, 6) is 0. The Balaban J connectivity index is 0.00000441. The van der Waals surface area contributed by atoms with Gasteiger partial charge in [-0.25, -0.2) is 0 Å². The van der Waals surface area contributed by atoms with Crippen LogP contribution < -0.4 is 21.5 Å². The molecular weight excluding hydrogens is 358 g/mol. The molecule has 1 aromatic rings. The lowest BCUT2D eigenvalue weighted by molar-refractivity contribution is -0.698. The molecular formula is C18H34BrNOS. The first kappa shape index (κ1) is 22.1. The number of hydrogen-bond acceptors (Lipinski definition) is 2. The van der Waals surface area contributed by atoms with Gasteiger partial charge in [0.05, 0.1) is 4.88 Å². The average molecular weight is 392 g/mol. The molecule has 0 atom stereocenters. The average Bonchev–Trinajstić information content (AvgIpc) is 2.83. The Kier molecular flexibility index (Phi) is 14.7. The van der Waals surface area contributed by atoms with Crippen molar-refractivity contribution < 1.29 is 26.7 Å². The lowest BCUT2D eigenvalue weighted by atomic mass is 10.1. The van der Waals surface area contributed by atoms with Crippen molar-refractivity contribution in [1.29, 1.82) is 0 Å². The SMILES string of the molecule is CCCCCCCCCCCC[n+]1csc(CCO)c1C.[Br-]. The fourth-order valence-corrected chi connectivity index (χ4v) is 3.80. The van der Waals surface area contributed by atoms with Crippen LogP contribution in [0.15, 0.2) is 5.51 Å². The molecule has 0 saturated carbocycles. The molecule has 0 aromatic carbocycles. The maximum atomic E-state index is 9.02. The molecule has 0 unspecified atom stereocenters. The maximum absolute atomic E-state index is 9.02. The monoisotopic (exact) mass is 391 g/mol. The van der Waals surface area contributed by atoms with Crippen LogP contribution in [0, 0.1) is 6.92 Å². The van der Waals surface area contributed by atoms with E-state index >= 15 is 0 Å². The number of aliphatic hydroxyl groups is 1. The molecule has 0 fully saturated rings. The third-order valence-electron chi connectivity index (χ3n) is 4.25. The second-order valence-electron chi connectivity index (χ2n) is 6.08. The number of aliphatic hydroxyl groups excluding tert-OH is 1. The molecule has 0 aliphatic carbocycles. The van der Waals surface area contributed by atoms with Gasteiger partial charge in [0.15, 0.2) is 5.69 Å². The molecule has 1 N–H and O–H groups in total. The van der Waals surface area contributed by atoms with Crippen molar-refractivity contribution >= 4 is 11.3 Å². The second-order valence-corrected chi connectivity index (χ2v) is 7.02. The van der Waals surface area contributed by atoms with Gasteiger partial charge < -0.3 is 22.1 Å². The minimum atomic E-state index is 0. The minimum Gasteiger partial charge on any atom is -1.00 e. The molecule has 0 aliphatic rings. The largest absolute Gasteiger partial charge is 1.00 e. The molecule has 0 amide bonds. The van der Waals surface area contributed by atoms with Gasteiger partial charge in [0.2, 0.25) is 5.51 Å².